The van der Waals surface area contributed by atoms with Gasteiger partial charge in [0.05, 0.1) is 43.7 Å². The molecule has 264 valence electrons. The van der Waals surface area contributed by atoms with E-state index in [1.54, 1.807) is 41.0 Å². The fraction of sp³-hybridized carbons (Fsp3) is 0.333. The molecular weight excluding hydrogens is 666 g/mol. The first kappa shape index (κ1) is 34.5. The number of amides is 1. The van der Waals surface area contributed by atoms with Crippen molar-refractivity contribution in [3.63, 3.8) is 0 Å². The van der Waals surface area contributed by atoms with E-state index in [1.165, 1.54) is 11.7 Å². The molecule has 1 spiro atoms. The van der Waals surface area contributed by atoms with Crippen molar-refractivity contribution in [2.24, 2.45) is 5.92 Å². The SMILES string of the molecule is COc1cccn(-c2cccc(CN3C(=O)[C@]4(O[C@H](CCn5cc(C(CO)c6ccccc6)nn5)[C@@H]([Si](C)(C)F)[C@@H]4C)c4ccccc43)c2)c1=O. The van der Waals surface area contributed by atoms with Crippen LogP contribution >= 0.6 is 0 Å². The number of aromatic nitrogens is 4. The van der Waals surface area contributed by atoms with Crippen molar-refractivity contribution >= 4 is 20.0 Å². The number of carbonyl (C=O) groups excluding carboxylic acids is 1. The van der Waals surface area contributed by atoms with E-state index in [0.29, 0.717) is 24.3 Å². The van der Waals surface area contributed by atoms with Crippen LogP contribution in [0, 0.1) is 5.92 Å². The van der Waals surface area contributed by atoms with Crippen LogP contribution in [0.25, 0.3) is 5.69 Å². The zero-order valence-electron chi connectivity index (χ0n) is 29.1. The Hall–Kier alpha value is -4.91. The van der Waals surface area contributed by atoms with Crippen LogP contribution in [0.1, 0.15) is 41.6 Å². The van der Waals surface area contributed by atoms with Gasteiger partial charge in [0.15, 0.2) is 11.4 Å². The number of hydrogen-bond acceptors (Lipinski definition) is 7. The van der Waals surface area contributed by atoms with Gasteiger partial charge in [-0.1, -0.05) is 72.8 Å². The summed E-state index contributed by atoms with van der Waals surface area (Å²) >= 11 is 0. The molecule has 5 atom stereocenters. The fourth-order valence-electron chi connectivity index (χ4n) is 8.15. The van der Waals surface area contributed by atoms with Gasteiger partial charge in [0.25, 0.3) is 11.5 Å². The van der Waals surface area contributed by atoms with Gasteiger partial charge >= 0.3 is 0 Å². The lowest BCUT2D eigenvalue weighted by atomic mass is 9.82. The van der Waals surface area contributed by atoms with E-state index >= 15 is 4.11 Å². The highest BCUT2D eigenvalue weighted by molar-refractivity contribution is 6.72. The first-order valence-corrected chi connectivity index (χ1v) is 20.2. The molecule has 2 aliphatic heterocycles. The molecule has 10 nitrogen and oxygen atoms in total. The van der Waals surface area contributed by atoms with E-state index in [0.717, 1.165) is 22.4 Å². The van der Waals surface area contributed by atoms with E-state index in [4.69, 9.17) is 9.47 Å². The second-order valence-electron chi connectivity index (χ2n) is 13.9. The van der Waals surface area contributed by atoms with Crippen molar-refractivity contribution < 1.29 is 23.5 Å². The molecule has 0 bridgehead atoms. The number of ether oxygens (including phenoxy) is 2. The number of aryl methyl sites for hydroxylation is 1. The number of rotatable bonds is 11. The summed E-state index contributed by atoms with van der Waals surface area (Å²) in [6.45, 7) is 5.87. The largest absolute Gasteiger partial charge is 0.491 e. The van der Waals surface area contributed by atoms with Gasteiger partial charge in [-0.25, -0.2) is 0 Å². The number of fused-ring (bicyclic) bond motifs is 2. The molecule has 12 heteroatoms. The Balaban J connectivity index is 1.17. The molecule has 5 aromatic rings. The Bertz CT molecular complexity index is 2100. The fourth-order valence-corrected chi connectivity index (χ4v) is 10.7. The maximum absolute atomic E-state index is 16.4. The zero-order valence-corrected chi connectivity index (χ0v) is 30.1. The van der Waals surface area contributed by atoms with Crippen LogP contribution in [0.4, 0.5) is 9.80 Å². The summed E-state index contributed by atoms with van der Waals surface area (Å²) in [5.74, 6) is -0.734. The summed E-state index contributed by atoms with van der Waals surface area (Å²) in [4.78, 5) is 29.5. The third-order valence-electron chi connectivity index (χ3n) is 10.5. The molecule has 2 aromatic heterocycles. The first-order chi connectivity index (χ1) is 24.6. The number of aliphatic hydroxyl groups excluding tert-OH is 1. The van der Waals surface area contributed by atoms with Gasteiger partial charge in [-0.15, -0.1) is 5.10 Å². The molecule has 0 radical (unpaired) electrons. The number of halogens is 1. The summed E-state index contributed by atoms with van der Waals surface area (Å²) < 4.78 is 31.7. The molecular formula is C39H42FN5O5Si. The monoisotopic (exact) mass is 707 g/mol. The lowest BCUT2D eigenvalue weighted by Gasteiger charge is -2.31. The molecule has 3 aromatic carbocycles. The van der Waals surface area contributed by atoms with Gasteiger partial charge in [-0.2, -0.15) is 0 Å². The Labute approximate surface area is 297 Å². The number of pyridine rings is 1. The van der Waals surface area contributed by atoms with Crippen LogP contribution in [0.15, 0.2) is 108 Å². The predicted octanol–water partition coefficient (Wildman–Crippen LogP) is 5.97. The molecule has 1 N–H and O–H groups in total. The Morgan fingerprint density at radius 2 is 1.78 bits per heavy atom. The number of aliphatic hydroxyl groups is 1. The van der Waals surface area contributed by atoms with Crippen molar-refractivity contribution in [1.82, 2.24) is 19.6 Å². The second-order valence-corrected chi connectivity index (χ2v) is 17.7. The van der Waals surface area contributed by atoms with E-state index in [1.807, 2.05) is 92.0 Å². The van der Waals surface area contributed by atoms with Crippen molar-refractivity contribution in [1.29, 1.82) is 0 Å². The Kier molecular flexibility index (Phi) is 9.25. The maximum atomic E-state index is 16.4. The molecule has 2 aliphatic rings. The van der Waals surface area contributed by atoms with Crippen molar-refractivity contribution in [2.45, 2.75) is 62.7 Å². The molecule has 4 heterocycles. The number of carbonyl (C=O) groups is 1. The third kappa shape index (κ3) is 6.11. The zero-order chi connectivity index (χ0) is 35.9. The Morgan fingerprint density at radius 1 is 1.02 bits per heavy atom. The summed E-state index contributed by atoms with van der Waals surface area (Å²) in [6, 6.07) is 28.1. The lowest BCUT2D eigenvalue weighted by Crippen LogP contribution is -2.45. The van der Waals surface area contributed by atoms with Crippen molar-refractivity contribution in [2.75, 3.05) is 18.6 Å². The highest BCUT2D eigenvalue weighted by atomic mass is 28.4. The summed E-state index contributed by atoms with van der Waals surface area (Å²) in [6.07, 6.45) is 3.39. The van der Waals surface area contributed by atoms with E-state index in [2.05, 4.69) is 10.3 Å². The standard InChI is InChI=1S/C39H42FN5O5Si/c1-26-36(51(3,4)40)34(19-21-43-24-32(41-42-43)30(25-46)28-13-6-5-7-14-28)50-39(26)31-16-8-9-17-33(31)45(38(39)48)23-27-12-10-15-29(22-27)44-20-11-18-35(49-2)37(44)47/h5-18,20,22,24,26,30,34,36,46H,19,21,23,25H2,1-4H3/t26-,30?,34+,36-,39+/m0/s1. The minimum atomic E-state index is -3.37. The van der Waals surface area contributed by atoms with Gasteiger partial charge in [0, 0.05) is 41.6 Å². The van der Waals surface area contributed by atoms with E-state index in [-0.39, 0.29) is 36.3 Å². The highest BCUT2D eigenvalue weighted by Crippen LogP contribution is 2.60. The average Bonchev–Trinajstić information content (AvgIpc) is 3.78. The number of para-hydroxylation sites is 1. The van der Waals surface area contributed by atoms with E-state index in [9.17, 15) is 14.7 Å². The quantitative estimate of drug-likeness (QED) is 0.133. The van der Waals surface area contributed by atoms with Crippen LogP contribution in [-0.4, -0.2) is 58.8 Å². The van der Waals surface area contributed by atoms with E-state index < -0.39 is 31.6 Å². The van der Waals surface area contributed by atoms with Crippen molar-refractivity contribution in [3.8, 4) is 11.4 Å². The number of nitrogens with zero attached hydrogens (tertiary/aromatic N) is 5. The number of benzene rings is 3. The third-order valence-corrected chi connectivity index (χ3v) is 12.9. The number of hydrogen-bond donors (Lipinski definition) is 1. The average molecular weight is 708 g/mol. The minimum Gasteiger partial charge on any atom is -0.491 e. The smallest absolute Gasteiger partial charge is 0.297 e. The van der Waals surface area contributed by atoms with Gasteiger partial charge in [-0.3, -0.25) is 18.8 Å². The molecule has 0 aliphatic carbocycles. The molecule has 51 heavy (non-hydrogen) atoms. The van der Waals surface area contributed by atoms with Gasteiger partial charge in [-0.05, 0) is 61.0 Å². The molecule has 7 rings (SSSR count). The van der Waals surface area contributed by atoms with Gasteiger partial charge in [0.2, 0.25) is 8.41 Å². The highest BCUT2D eigenvalue weighted by Gasteiger charge is 2.66. The second kappa shape index (κ2) is 13.7. The summed E-state index contributed by atoms with van der Waals surface area (Å²) in [5.41, 5.74) is 2.42. The molecule has 0 saturated carbocycles. The number of anilines is 1. The van der Waals surface area contributed by atoms with Crippen LogP contribution in [0.3, 0.4) is 0 Å². The van der Waals surface area contributed by atoms with Crippen molar-refractivity contribution in [3.05, 3.63) is 136 Å². The van der Waals surface area contributed by atoms with Crippen LogP contribution < -0.4 is 15.2 Å². The summed E-state index contributed by atoms with van der Waals surface area (Å²) in [5, 5.41) is 18.8. The van der Waals surface area contributed by atoms with Crippen LogP contribution in [0.5, 0.6) is 5.75 Å². The number of methoxy groups -OCH3 is 1. The molecule has 1 fully saturated rings. The first-order valence-electron chi connectivity index (χ1n) is 17.3. The summed E-state index contributed by atoms with van der Waals surface area (Å²) in [7, 11) is -1.91. The predicted molar refractivity (Wildman–Crippen MR) is 194 cm³/mol. The molecule has 1 amide bonds. The normalized spacial score (nSPS) is 22.0. The van der Waals surface area contributed by atoms with Gasteiger partial charge in [0.1, 0.15) is 0 Å². The van der Waals surface area contributed by atoms with Crippen LogP contribution in [0.2, 0.25) is 18.6 Å². The minimum absolute atomic E-state index is 0.111. The molecule has 1 unspecified atom stereocenters. The van der Waals surface area contributed by atoms with Gasteiger partial charge < -0.3 is 23.6 Å². The molecule has 1 saturated heterocycles. The van der Waals surface area contributed by atoms with Crippen LogP contribution in [-0.2, 0) is 28.2 Å². The topological polar surface area (TPSA) is 112 Å². The lowest BCUT2D eigenvalue weighted by molar-refractivity contribution is -0.146. The maximum Gasteiger partial charge on any atom is 0.297 e. The Morgan fingerprint density at radius 3 is 2.53 bits per heavy atom.